The molecule has 98 valence electrons. The molecule has 0 amide bonds. The molecule has 0 saturated heterocycles. The number of hydrogen-bond donors (Lipinski definition) is 2. The van der Waals surface area contributed by atoms with Gasteiger partial charge >= 0.3 is 0 Å². The lowest BCUT2D eigenvalue weighted by atomic mass is 10.3. The van der Waals surface area contributed by atoms with Crippen molar-refractivity contribution >= 4 is 40.3 Å². The van der Waals surface area contributed by atoms with Gasteiger partial charge in [0, 0.05) is 5.69 Å². The summed E-state index contributed by atoms with van der Waals surface area (Å²) >= 11 is 10.9. The van der Waals surface area contributed by atoms with Gasteiger partial charge < -0.3 is 10.6 Å². The summed E-state index contributed by atoms with van der Waals surface area (Å²) in [6.07, 6.45) is 0. The van der Waals surface area contributed by atoms with Crippen LogP contribution in [0.5, 0.6) is 0 Å². The van der Waals surface area contributed by atoms with Gasteiger partial charge in [-0.15, -0.1) is 0 Å². The van der Waals surface area contributed by atoms with Crippen molar-refractivity contribution in [2.75, 3.05) is 10.6 Å². The van der Waals surface area contributed by atoms with Crippen LogP contribution in [0.25, 0.3) is 0 Å². The Bertz CT molecular complexity index is 602. The van der Waals surface area contributed by atoms with Gasteiger partial charge in [-0.05, 0) is 54.7 Å². The first kappa shape index (κ1) is 13.7. The maximum absolute atomic E-state index is 12.9. The zero-order valence-corrected chi connectivity index (χ0v) is 11.2. The van der Waals surface area contributed by atoms with Gasteiger partial charge in [0.15, 0.2) is 5.11 Å². The number of nitrogens with one attached hydrogen (secondary N) is 2. The first-order chi connectivity index (χ1) is 9.04. The van der Waals surface area contributed by atoms with Crippen molar-refractivity contribution in [2.45, 2.75) is 0 Å². The average molecular weight is 299 g/mol. The molecule has 0 radical (unpaired) electrons. The zero-order valence-electron chi connectivity index (χ0n) is 9.58. The van der Waals surface area contributed by atoms with Crippen molar-refractivity contribution < 1.29 is 8.78 Å². The Hall–Kier alpha value is -1.72. The Morgan fingerprint density at radius 3 is 2.21 bits per heavy atom. The fraction of sp³-hybridized carbons (Fsp3) is 0. The molecule has 0 fully saturated rings. The summed E-state index contributed by atoms with van der Waals surface area (Å²) in [5.41, 5.74) is 1.12. The third kappa shape index (κ3) is 3.87. The van der Waals surface area contributed by atoms with Crippen molar-refractivity contribution in [3.8, 4) is 0 Å². The number of benzene rings is 2. The molecule has 0 atom stereocenters. The molecule has 0 aliphatic carbocycles. The predicted molar refractivity (Wildman–Crippen MR) is 77.7 cm³/mol. The molecule has 0 heterocycles. The first-order valence-corrected chi connectivity index (χ1v) is 6.12. The molecule has 0 aromatic heterocycles. The van der Waals surface area contributed by atoms with Crippen LogP contribution in [0.15, 0.2) is 42.5 Å². The Balaban J connectivity index is 2.03. The summed E-state index contributed by atoms with van der Waals surface area (Å²) in [6.45, 7) is 0. The fourth-order valence-corrected chi connectivity index (χ4v) is 1.85. The second-order valence-electron chi connectivity index (χ2n) is 3.71. The molecule has 0 aliphatic heterocycles. The van der Waals surface area contributed by atoms with Gasteiger partial charge in [-0.1, -0.05) is 11.6 Å². The molecular formula is C13H9ClF2N2S. The summed E-state index contributed by atoms with van der Waals surface area (Å²) in [4.78, 5) is 0. The Morgan fingerprint density at radius 1 is 0.947 bits per heavy atom. The van der Waals surface area contributed by atoms with Crippen LogP contribution < -0.4 is 10.6 Å². The van der Waals surface area contributed by atoms with Gasteiger partial charge in [0.2, 0.25) is 0 Å². The normalized spacial score (nSPS) is 10.1. The van der Waals surface area contributed by atoms with Crippen molar-refractivity contribution in [3.05, 3.63) is 59.1 Å². The number of anilines is 2. The van der Waals surface area contributed by atoms with Gasteiger partial charge in [-0.3, -0.25) is 0 Å². The zero-order chi connectivity index (χ0) is 13.8. The van der Waals surface area contributed by atoms with Gasteiger partial charge in [-0.25, -0.2) is 8.78 Å². The highest BCUT2D eigenvalue weighted by molar-refractivity contribution is 7.80. The minimum Gasteiger partial charge on any atom is -0.332 e. The van der Waals surface area contributed by atoms with Gasteiger partial charge in [0.1, 0.15) is 11.6 Å². The van der Waals surface area contributed by atoms with Crippen LogP contribution in [-0.2, 0) is 0 Å². The average Bonchev–Trinajstić information content (AvgIpc) is 2.36. The minimum atomic E-state index is -0.423. The van der Waals surface area contributed by atoms with Crippen LogP contribution in [0.3, 0.4) is 0 Å². The maximum Gasteiger partial charge on any atom is 0.175 e. The minimum absolute atomic E-state index is 0.225. The largest absolute Gasteiger partial charge is 0.332 e. The van der Waals surface area contributed by atoms with Crippen LogP contribution >= 0.6 is 23.8 Å². The van der Waals surface area contributed by atoms with Crippen LogP contribution in [0, 0.1) is 11.6 Å². The van der Waals surface area contributed by atoms with E-state index in [2.05, 4.69) is 10.6 Å². The summed E-state index contributed by atoms with van der Waals surface area (Å²) in [5, 5.41) is 6.19. The predicted octanol–water partition coefficient (Wildman–Crippen LogP) is 4.43. The molecule has 0 saturated carbocycles. The number of thiocarbonyl (C=S) groups is 1. The smallest absolute Gasteiger partial charge is 0.175 e. The van der Waals surface area contributed by atoms with E-state index in [4.69, 9.17) is 23.8 Å². The lowest BCUT2D eigenvalue weighted by molar-refractivity contribution is 0.627. The van der Waals surface area contributed by atoms with Crippen LogP contribution in [-0.4, -0.2) is 5.11 Å². The second-order valence-corrected chi connectivity index (χ2v) is 4.53. The lowest BCUT2D eigenvalue weighted by Gasteiger charge is -2.11. The molecule has 0 unspecified atom stereocenters. The standard InChI is InChI=1S/C13H9ClF2N2S/c14-11-7-9(16)3-6-12(11)18-13(19)17-10-4-1-8(15)2-5-10/h1-7H,(H2,17,18,19). The highest BCUT2D eigenvalue weighted by Crippen LogP contribution is 2.22. The third-order valence-corrected chi connectivity index (χ3v) is 2.80. The fourth-order valence-electron chi connectivity index (χ4n) is 1.41. The van der Waals surface area contributed by atoms with E-state index >= 15 is 0 Å². The van der Waals surface area contributed by atoms with E-state index in [1.165, 1.54) is 30.3 Å². The number of rotatable bonds is 2. The Labute approximate surface area is 119 Å². The van der Waals surface area contributed by atoms with Crippen molar-refractivity contribution in [3.63, 3.8) is 0 Å². The van der Waals surface area contributed by atoms with Gasteiger partial charge in [0.25, 0.3) is 0 Å². The van der Waals surface area contributed by atoms with Crippen LogP contribution in [0.1, 0.15) is 0 Å². The monoisotopic (exact) mass is 298 g/mol. The summed E-state index contributed by atoms with van der Waals surface area (Å²) in [7, 11) is 0. The van der Waals surface area contributed by atoms with Crippen molar-refractivity contribution in [1.82, 2.24) is 0 Å². The molecular weight excluding hydrogens is 290 g/mol. The quantitative estimate of drug-likeness (QED) is 0.802. The topological polar surface area (TPSA) is 24.1 Å². The summed E-state index contributed by atoms with van der Waals surface area (Å²) in [5.74, 6) is -0.751. The van der Waals surface area contributed by atoms with Crippen LogP contribution in [0.4, 0.5) is 20.2 Å². The second kappa shape index (κ2) is 5.95. The molecule has 0 aliphatic rings. The van der Waals surface area contributed by atoms with E-state index in [9.17, 15) is 8.78 Å². The van der Waals surface area contributed by atoms with E-state index in [1.807, 2.05) is 0 Å². The number of hydrogen-bond acceptors (Lipinski definition) is 1. The van der Waals surface area contributed by atoms with Gasteiger partial charge in [0.05, 0.1) is 10.7 Å². The molecule has 2 rings (SSSR count). The highest BCUT2D eigenvalue weighted by Gasteiger charge is 2.04. The first-order valence-electron chi connectivity index (χ1n) is 5.33. The van der Waals surface area contributed by atoms with Crippen LogP contribution in [0.2, 0.25) is 5.02 Å². The maximum atomic E-state index is 12.9. The molecule has 2 nitrogen and oxygen atoms in total. The Kier molecular flexibility index (Phi) is 4.29. The van der Waals surface area contributed by atoms with E-state index in [-0.39, 0.29) is 16.0 Å². The Morgan fingerprint density at radius 2 is 1.58 bits per heavy atom. The molecule has 2 aromatic carbocycles. The summed E-state index contributed by atoms with van der Waals surface area (Å²) < 4.78 is 25.6. The molecule has 6 heteroatoms. The van der Waals surface area contributed by atoms with E-state index in [0.717, 1.165) is 0 Å². The van der Waals surface area contributed by atoms with E-state index in [1.54, 1.807) is 12.1 Å². The highest BCUT2D eigenvalue weighted by atomic mass is 35.5. The molecule has 19 heavy (non-hydrogen) atoms. The third-order valence-electron chi connectivity index (χ3n) is 2.28. The SMILES string of the molecule is Fc1ccc(NC(=S)Nc2ccc(F)cc2Cl)cc1. The van der Waals surface area contributed by atoms with E-state index < -0.39 is 5.82 Å². The van der Waals surface area contributed by atoms with Crippen molar-refractivity contribution in [2.24, 2.45) is 0 Å². The molecule has 0 bridgehead atoms. The number of halogens is 3. The summed E-state index contributed by atoms with van der Waals surface area (Å²) in [6, 6.07) is 9.67. The lowest BCUT2D eigenvalue weighted by Crippen LogP contribution is -2.19. The van der Waals surface area contributed by atoms with Crippen molar-refractivity contribution in [1.29, 1.82) is 0 Å². The van der Waals surface area contributed by atoms with E-state index in [0.29, 0.717) is 11.4 Å². The molecule has 2 N–H and O–H groups in total. The van der Waals surface area contributed by atoms with Gasteiger partial charge in [-0.2, -0.15) is 0 Å². The molecule has 0 spiro atoms. The molecule has 2 aromatic rings.